The summed E-state index contributed by atoms with van der Waals surface area (Å²) in [6.45, 7) is 5.66. The Morgan fingerprint density at radius 3 is 2.35 bits per heavy atom. The number of amides is 1. The van der Waals surface area contributed by atoms with E-state index >= 15 is 0 Å². The molecule has 114 valence electrons. The van der Waals surface area contributed by atoms with Gasteiger partial charge >= 0.3 is 0 Å². The second-order valence-corrected chi connectivity index (χ2v) is 5.14. The van der Waals surface area contributed by atoms with Gasteiger partial charge < -0.3 is 11.1 Å². The van der Waals surface area contributed by atoms with Gasteiger partial charge in [0.1, 0.15) is 0 Å². The first-order chi connectivity index (χ1) is 8.81. The largest absolute Gasteiger partial charge is 0.348 e. The molecule has 20 heavy (non-hydrogen) atoms. The third kappa shape index (κ3) is 5.43. The molecule has 1 aromatic carbocycles. The fraction of sp³-hybridized carbons (Fsp3) is 0.500. The summed E-state index contributed by atoms with van der Waals surface area (Å²) in [5, 5.41) is 2.69. The van der Waals surface area contributed by atoms with Crippen LogP contribution in [-0.2, 0) is 4.79 Å². The summed E-state index contributed by atoms with van der Waals surface area (Å²) in [4.78, 5) is 11.8. The van der Waals surface area contributed by atoms with Gasteiger partial charge in [0, 0.05) is 0 Å². The summed E-state index contributed by atoms with van der Waals surface area (Å²) in [6.07, 6.45) is 0.580. The molecular formula is C14H21ClF2N2O. The highest BCUT2D eigenvalue weighted by Crippen LogP contribution is 2.16. The van der Waals surface area contributed by atoms with Crippen molar-refractivity contribution in [1.29, 1.82) is 0 Å². The number of rotatable bonds is 5. The van der Waals surface area contributed by atoms with Crippen LogP contribution in [0.3, 0.4) is 0 Å². The Bertz CT molecular complexity index is 455. The van der Waals surface area contributed by atoms with Crippen LogP contribution in [0.5, 0.6) is 0 Å². The van der Waals surface area contributed by atoms with Crippen molar-refractivity contribution in [1.82, 2.24) is 5.32 Å². The minimum absolute atomic E-state index is 0. The Morgan fingerprint density at radius 2 is 1.85 bits per heavy atom. The highest BCUT2D eigenvalue weighted by atomic mass is 35.5. The van der Waals surface area contributed by atoms with Crippen molar-refractivity contribution in [2.24, 2.45) is 11.7 Å². The van der Waals surface area contributed by atoms with Crippen LogP contribution >= 0.6 is 12.4 Å². The number of hydrogen-bond donors (Lipinski definition) is 2. The molecule has 3 N–H and O–H groups in total. The molecule has 0 aliphatic carbocycles. The molecule has 0 aliphatic heterocycles. The molecule has 1 aromatic rings. The van der Waals surface area contributed by atoms with Gasteiger partial charge in [-0.1, -0.05) is 19.9 Å². The number of benzene rings is 1. The SMILES string of the molecule is CC(C)C[C@H](N)C(=O)NC(C)c1ccc(F)c(F)c1.Cl. The van der Waals surface area contributed by atoms with Crippen molar-refractivity contribution < 1.29 is 13.6 Å². The quantitative estimate of drug-likeness (QED) is 0.879. The van der Waals surface area contributed by atoms with E-state index in [0.717, 1.165) is 12.1 Å². The third-order valence-electron chi connectivity index (χ3n) is 2.86. The number of carbonyl (C=O) groups excluding carboxylic acids is 1. The summed E-state index contributed by atoms with van der Waals surface area (Å²) in [5.74, 6) is -1.80. The van der Waals surface area contributed by atoms with Crippen LogP contribution in [0.25, 0.3) is 0 Å². The molecule has 1 rings (SSSR count). The molecule has 0 saturated carbocycles. The molecule has 1 unspecified atom stereocenters. The molecule has 2 atom stereocenters. The van der Waals surface area contributed by atoms with Gasteiger partial charge in [0.25, 0.3) is 0 Å². The van der Waals surface area contributed by atoms with Gasteiger partial charge in [0.15, 0.2) is 11.6 Å². The number of nitrogens with two attached hydrogens (primary N) is 1. The lowest BCUT2D eigenvalue weighted by atomic mass is 10.0. The van der Waals surface area contributed by atoms with Crippen molar-refractivity contribution in [3.05, 3.63) is 35.4 Å². The monoisotopic (exact) mass is 306 g/mol. The summed E-state index contributed by atoms with van der Waals surface area (Å²) in [5.41, 5.74) is 6.26. The second kappa shape index (κ2) is 8.17. The van der Waals surface area contributed by atoms with Gasteiger partial charge in [-0.3, -0.25) is 4.79 Å². The first-order valence-corrected chi connectivity index (χ1v) is 6.32. The Balaban J connectivity index is 0.00000361. The van der Waals surface area contributed by atoms with Crippen LogP contribution in [0.15, 0.2) is 18.2 Å². The van der Waals surface area contributed by atoms with Crippen LogP contribution < -0.4 is 11.1 Å². The number of nitrogens with one attached hydrogen (secondary N) is 1. The van der Waals surface area contributed by atoms with E-state index in [1.807, 2.05) is 13.8 Å². The van der Waals surface area contributed by atoms with E-state index < -0.39 is 23.7 Å². The highest BCUT2D eigenvalue weighted by Gasteiger charge is 2.18. The lowest BCUT2D eigenvalue weighted by molar-refractivity contribution is -0.123. The van der Waals surface area contributed by atoms with Gasteiger partial charge in [0.2, 0.25) is 5.91 Å². The predicted octanol–water partition coefficient (Wildman–Crippen LogP) is 2.94. The average molecular weight is 307 g/mol. The number of carbonyl (C=O) groups is 1. The molecule has 3 nitrogen and oxygen atoms in total. The smallest absolute Gasteiger partial charge is 0.237 e. The predicted molar refractivity (Wildman–Crippen MR) is 77.6 cm³/mol. The molecule has 1 amide bonds. The van der Waals surface area contributed by atoms with Crippen molar-refractivity contribution in [3.63, 3.8) is 0 Å². The van der Waals surface area contributed by atoms with Gasteiger partial charge in [-0.15, -0.1) is 12.4 Å². The highest BCUT2D eigenvalue weighted by molar-refractivity contribution is 5.85. The topological polar surface area (TPSA) is 55.1 Å². The lowest BCUT2D eigenvalue weighted by Gasteiger charge is -2.19. The molecule has 0 aromatic heterocycles. The third-order valence-corrected chi connectivity index (χ3v) is 2.86. The maximum absolute atomic E-state index is 13.1. The molecule has 0 radical (unpaired) electrons. The maximum Gasteiger partial charge on any atom is 0.237 e. The van der Waals surface area contributed by atoms with Crippen LogP contribution in [0.4, 0.5) is 8.78 Å². The normalized spacial score (nSPS) is 13.6. The molecule has 0 saturated heterocycles. The molecule has 0 bridgehead atoms. The molecule has 0 spiro atoms. The van der Waals surface area contributed by atoms with E-state index in [4.69, 9.17) is 5.73 Å². The van der Waals surface area contributed by atoms with Crippen molar-refractivity contribution in [3.8, 4) is 0 Å². The Morgan fingerprint density at radius 1 is 1.25 bits per heavy atom. The van der Waals surface area contributed by atoms with Crippen molar-refractivity contribution >= 4 is 18.3 Å². The summed E-state index contributed by atoms with van der Waals surface area (Å²) in [7, 11) is 0. The van der Waals surface area contributed by atoms with Crippen LogP contribution in [0, 0.1) is 17.6 Å². The van der Waals surface area contributed by atoms with Crippen molar-refractivity contribution in [2.45, 2.75) is 39.3 Å². The van der Waals surface area contributed by atoms with E-state index in [0.29, 0.717) is 17.9 Å². The lowest BCUT2D eigenvalue weighted by Crippen LogP contribution is -2.42. The van der Waals surface area contributed by atoms with Gasteiger partial charge in [-0.25, -0.2) is 8.78 Å². The maximum atomic E-state index is 13.1. The fourth-order valence-electron chi connectivity index (χ4n) is 1.80. The zero-order chi connectivity index (χ0) is 14.6. The molecule has 6 heteroatoms. The van der Waals surface area contributed by atoms with Gasteiger partial charge in [0.05, 0.1) is 12.1 Å². The van der Waals surface area contributed by atoms with Gasteiger partial charge in [-0.05, 0) is 37.0 Å². The van der Waals surface area contributed by atoms with Crippen LogP contribution in [0.1, 0.15) is 38.8 Å². The molecule has 0 heterocycles. The Labute approximate surface area is 124 Å². The minimum atomic E-state index is -0.926. The fourth-order valence-corrected chi connectivity index (χ4v) is 1.80. The molecule has 0 fully saturated rings. The summed E-state index contributed by atoms with van der Waals surface area (Å²) >= 11 is 0. The summed E-state index contributed by atoms with van der Waals surface area (Å²) in [6, 6.07) is 2.56. The van der Waals surface area contributed by atoms with E-state index in [1.165, 1.54) is 6.07 Å². The zero-order valence-corrected chi connectivity index (χ0v) is 12.6. The Kier molecular flexibility index (Phi) is 7.68. The first-order valence-electron chi connectivity index (χ1n) is 6.32. The first kappa shape index (κ1) is 18.8. The van der Waals surface area contributed by atoms with Crippen LogP contribution in [-0.4, -0.2) is 11.9 Å². The van der Waals surface area contributed by atoms with E-state index in [9.17, 15) is 13.6 Å². The van der Waals surface area contributed by atoms with E-state index in [2.05, 4.69) is 5.32 Å². The average Bonchev–Trinajstić information content (AvgIpc) is 2.31. The zero-order valence-electron chi connectivity index (χ0n) is 11.8. The van der Waals surface area contributed by atoms with Crippen molar-refractivity contribution in [2.75, 3.05) is 0 Å². The number of hydrogen-bond acceptors (Lipinski definition) is 2. The van der Waals surface area contributed by atoms with Crippen LogP contribution in [0.2, 0.25) is 0 Å². The second-order valence-electron chi connectivity index (χ2n) is 5.14. The molecular weight excluding hydrogens is 286 g/mol. The van der Waals surface area contributed by atoms with Gasteiger partial charge in [-0.2, -0.15) is 0 Å². The minimum Gasteiger partial charge on any atom is -0.348 e. The molecule has 0 aliphatic rings. The summed E-state index contributed by atoms with van der Waals surface area (Å²) < 4.78 is 25.9. The van der Waals surface area contributed by atoms with E-state index in [1.54, 1.807) is 6.92 Å². The number of halogens is 3. The Hall–Kier alpha value is -1.20. The van der Waals surface area contributed by atoms with E-state index in [-0.39, 0.29) is 18.3 Å². The standard InChI is InChI=1S/C14H20F2N2O.ClH/c1-8(2)6-13(17)14(19)18-9(3)10-4-5-11(15)12(16)7-10;/h4-5,7-9,13H,6,17H2,1-3H3,(H,18,19);1H/t9?,13-;/m0./s1.